The molecule has 2 bridgehead atoms. The van der Waals surface area contributed by atoms with Crippen molar-refractivity contribution in [2.45, 2.75) is 45.6 Å². The van der Waals surface area contributed by atoms with Crippen molar-refractivity contribution in [1.29, 1.82) is 0 Å². The minimum atomic E-state index is -0.00780. The average Bonchev–Trinajstić information content (AvgIpc) is 3.17. The molecule has 4 atom stereocenters. The van der Waals surface area contributed by atoms with E-state index < -0.39 is 0 Å². The van der Waals surface area contributed by atoms with Crippen LogP contribution in [0.15, 0.2) is 30.3 Å². The van der Waals surface area contributed by atoms with E-state index in [0.29, 0.717) is 12.5 Å². The second-order valence-corrected chi connectivity index (χ2v) is 6.94. The first kappa shape index (κ1) is 16.1. The van der Waals surface area contributed by atoms with Crippen molar-refractivity contribution in [3.63, 3.8) is 0 Å². The van der Waals surface area contributed by atoms with Crippen LogP contribution in [0.4, 0.5) is 0 Å². The summed E-state index contributed by atoms with van der Waals surface area (Å²) in [5.41, 5.74) is 0.942. The molecule has 0 saturated heterocycles. The summed E-state index contributed by atoms with van der Waals surface area (Å²) < 4.78 is 5.58. The first-order valence-corrected chi connectivity index (χ1v) is 8.87. The molecule has 3 nitrogen and oxygen atoms in total. The molecular weight excluding hydrogens is 286 g/mol. The van der Waals surface area contributed by atoms with Crippen LogP contribution >= 0.6 is 0 Å². The second-order valence-electron chi connectivity index (χ2n) is 6.94. The number of amides is 1. The van der Waals surface area contributed by atoms with Gasteiger partial charge in [0.05, 0.1) is 6.61 Å². The average molecular weight is 313 g/mol. The van der Waals surface area contributed by atoms with Crippen LogP contribution in [0.25, 0.3) is 6.08 Å². The van der Waals surface area contributed by atoms with E-state index in [0.717, 1.165) is 23.1 Å². The summed E-state index contributed by atoms with van der Waals surface area (Å²) >= 11 is 0. The maximum atomic E-state index is 12.2. The lowest BCUT2D eigenvalue weighted by molar-refractivity contribution is -0.117. The van der Waals surface area contributed by atoms with Gasteiger partial charge in [0.2, 0.25) is 5.91 Å². The third-order valence-electron chi connectivity index (χ3n) is 5.44. The highest BCUT2D eigenvalue weighted by Crippen LogP contribution is 2.49. The van der Waals surface area contributed by atoms with Gasteiger partial charge in [0.1, 0.15) is 5.75 Å². The molecule has 3 heteroatoms. The highest BCUT2D eigenvalue weighted by molar-refractivity contribution is 5.92. The number of ether oxygens (including phenoxy) is 1. The maximum absolute atomic E-state index is 12.2. The Kier molecular flexibility index (Phi) is 5.04. The van der Waals surface area contributed by atoms with Crippen molar-refractivity contribution in [3.05, 3.63) is 35.9 Å². The lowest BCUT2D eigenvalue weighted by Gasteiger charge is -2.28. The van der Waals surface area contributed by atoms with Crippen LogP contribution in [0.1, 0.15) is 45.1 Å². The monoisotopic (exact) mass is 313 g/mol. The van der Waals surface area contributed by atoms with E-state index in [4.69, 9.17) is 4.74 Å². The topological polar surface area (TPSA) is 38.3 Å². The summed E-state index contributed by atoms with van der Waals surface area (Å²) in [5.74, 6) is 3.23. The van der Waals surface area contributed by atoms with Crippen molar-refractivity contribution in [2.75, 3.05) is 6.61 Å². The Morgan fingerprint density at radius 2 is 2.17 bits per heavy atom. The number of para-hydroxylation sites is 1. The molecule has 0 heterocycles. The lowest BCUT2D eigenvalue weighted by Crippen LogP contribution is -2.39. The fourth-order valence-corrected chi connectivity index (χ4v) is 4.36. The number of benzene rings is 1. The standard InChI is InChI=1S/C20H27NO2/c1-3-23-19-7-5-4-6-16(19)10-11-20(22)21-14(2)18-13-15-8-9-17(18)12-15/h4-7,10-11,14-15,17-18H,3,8-9,12-13H2,1-2H3,(H,21,22)/b11-10+. The highest BCUT2D eigenvalue weighted by atomic mass is 16.5. The number of rotatable bonds is 6. The number of fused-ring (bicyclic) bond motifs is 2. The quantitative estimate of drug-likeness (QED) is 0.805. The molecular formula is C20H27NO2. The second kappa shape index (κ2) is 7.20. The van der Waals surface area contributed by atoms with E-state index in [1.807, 2.05) is 37.3 Å². The van der Waals surface area contributed by atoms with Gasteiger partial charge >= 0.3 is 0 Å². The number of nitrogens with one attached hydrogen (secondary N) is 1. The minimum Gasteiger partial charge on any atom is -0.493 e. The third-order valence-corrected chi connectivity index (χ3v) is 5.44. The SMILES string of the molecule is CCOc1ccccc1/C=C/C(=O)NC(C)C1CC2CCC1C2. The molecule has 1 amide bonds. The zero-order valence-corrected chi connectivity index (χ0v) is 14.1. The van der Waals surface area contributed by atoms with Gasteiger partial charge in [-0.3, -0.25) is 4.79 Å². The smallest absolute Gasteiger partial charge is 0.244 e. The van der Waals surface area contributed by atoms with Crippen LogP contribution in [0.3, 0.4) is 0 Å². The third kappa shape index (κ3) is 3.77. The van der Waals surface area contributed by atoms with Crippen molar-refractivity contribution in [3.8, 4) is 5.75 Å². The van der Waals surface area contributed by atoms with Gasteiger partial charge < -0.3 is 10.1 Å². The molecule has 1 aromatic carbocycles. The summed E-state index contributed by atoms with van der Waals surface area (Å²) in [6.45, 7) is 4.74. The summed E-state index contributed by atoms with van der Waals surface area (Å²) in [6.07, 6.45) is 8.89. The van der Waals surface area contributed by atoms with Gasteiger partial charge in [-0.25, -0.2) is 0 Å². The van der Waals surface area contributed by atoms with Crippen molar-refractivity contribution >= 4 is 12.0 Å². The van der Waals surface area contributed by atoms with Gasteiger partial charge in [-0.1, -0.05) is 24.6 Å². The van der Waals surface area contributed by atoms with E-state index in [1.165, 1.54) is 25.7 Å². The Hall–Kier alpha value is -1.77. The summed E-state index contributed by atoms with van der Waals surface area (Å²) in [4.78, 5) is 12.2. The van der Waals surface area contributed by atoms with Gasteiger partial charge in [-0.15, -0.1) is 0 Å². The maximum Gasteiger partial charge on any atom is 0.244 e. The first-order chi connectivity index (χ1) is 11.2. The molecule has 0 spiro atoms. The zero-order valence-electron chi connectivity index (χ0n) is 14.1. The molecule has 124 valence electrons. The first-order valence-electron chi connectivity index (χ1n) is 8.87. The van der Waals surface area contributed by atoms with E-state index in [-0.39, 0.29) is 11.9 Å². The van der Waals surface area contributed by atoms with E-state index in [1.54, 1.807) is 6.08 Å². The fraction of sp³-hybridized carbons (Fsp3) is 0.550. The number of hydrogen-bond donors (Lipinski definition) is 1. The van der Waals surface area contributed by atoms with E-state index in [9.17, 15) is 4.79 Å². The largest absolute Gasteiger partial charge is 0.493 e. The molecule has 0 aromatic heterocycles. The van der Waals surface area contributed by atoms with Crippen LogP contribution in [-0.2, 0) is 4.79 Å². The van der Waals surface area contributed by atoms with Gasteiger partial charge in [0.25, 0.3) is 0 Å². The number of hydrogen-bond acceptors (Lipinski definition) is 2. The summed E-state index contributed by atoms with van der Waals surface area (Å²) in [6, 6.07) is 8.06. The van der Waals surface area contributed by atoms with Gasteiger partial charge in [0, 0.05) is 17.7 Å². The predicted molar refractivity (Wildman–Crippen MR) is 93.2 cm³/mol. The molecule has 23 heavy (non-hydrogen) atoms. The van der Waals surface area contributed by atoms with Crippen molar-refractivity contribution < 1.29 is 9.53 Å². The van der Waals surface area contributed by atoms with Crippen LogP contribution in [0.2, 0.25) is 0 Å². The zero-order chi connectivity index (χ0) is 16.2. The Bertz CT molecular complexity index is 581. The van der Waals surface area contributed by atoms with Crippen LogP contribution < -0.4 is 10.1 Å². The molecule has 1 N–H and O–H groups in total. The molecule has 0 radical (unpaired) electrons. The lowest BCUT2D eigenvalue weighted by atomic mass is 9.84. The van der Waals surface area contributed by atoms with Crippen LogP contribution in [0, 0.1) is 17.8 Å². The summed E-state index contributed by atoms with van der Waals surface area (Å²) in [5, 5.41) is 3.16. The molecule has 2 aliphatic rings. The Morgan fingerprint density at radius 3 is 2.87 bits per heavy atom. The van der Waals surface area contributed by atoms with Crippen molar-refractivity contribution in [2.24, 2.45) is 17.8 Å². The van der Waals surface area contributed by atoms with Gasteiger partial charge in [0.15, 0.2) is 0 Å². The van der Waals surface area contributed by atoms with Crippen LogP contribution in [0.5, 0.6) is 5.75 Å². The summed E-state index contributed by atoms with van der Waals surface area (Å²) in [7, 11) is 0. The van der Waals surface area contributed by atoms with Gasteiger partial charge in [-0.2, -0.15) is 0 Å². The highest BCUT2D eigenvalue weighted by Gasteiger charge is 2.41. The molecule has 2 fully saturated rings. The molecule has 4 unspecified atom stereocenters. The number of carbonyl (C=O) groups excluding carboxylic acids is 1. The Morgan fingerprint density at radius 1 is 1.35 bits per heavy atom. The molecule has 0 aliphatic heterocycles. The molecule has 1 aromatic rings. The normalized spacial score (nSPS) is 27.3. The molecule has 2 aliphatic carbocycles. The fourth-order valence-electron chi connectivity index (χ4n) is 4.36. The van der Waals surface area contributed by atoms with Crippen LogP contribution in [-0.4, -0.2) is 18.6 Å². The molecule has 3 rings (SSSR count). The Labute approximate surface area is 139 Å². The minimum absolute atomic E-state index is 0.00780. The molecule has 2 saturated carbocycles. The Balaban J connectivity index is 1.56. The number of carbonyl (C=O) groups is 1. The van der Waals surface area contributed by atoms with Gasteiger partial charge in [-0.05, 0) is 63.0 Å². The van der Waals surface area contributed by atoms with E-state index in [2.05, 4.69) is 12.2 Å². The predicted octanol–water partition coefficient (Wildman–Crippen LogP) is 4.04. The van der Waals surface area contributed by atoms with E-state index >= 15 is 0 Å². The van der Waals surface area contributed by atoms with Crippen molar-refractivity contribution in [1.82, 2.24) is 5.32 Å².